The second kappa shape index (κ2) is 12.6. The van der Waals surface area contributed by atoms with Crippen molar-refractivity contribution in [1.29, 1.82) is 0 Å². The van der Waals surface area contributed by atoms with E-state index < -0.39 is 17.7 Å². The Morgan fingerprint density at radius 2 is 1.68 bits per heavy atom. The molecule has 1 amide bonds. The second-order valence-electron chi connectivity index (χ2n) is 8.93. The van der Waals surface area contributed by atoms with Crippen molar-refractivity contribution in [2.24, 2.45) is 0 Å². The number of carbonyl (C=O) groups excluding carboxylic acids is 2. The van der Waals surface area contributed by atoms with E-state index in [1.807, 2.05) is 31.2 Å². The molecule has 0 unspecified atom stereocenters. The van der Waals surface area contributed by atoms with E-state index >= 15 is 0 Å². The summed E-state index contributed by atoms with van der Waals surface area (Å²) >= 11 is 0. The van der Waals surface area contributed by atoms with Crippen molar-refractivity contribution in [3.63, 3.8) is 0 Å². The van der Waals surface area contributed by atoms with Crippen LogP contribution in [0, 0.1) is 0 Å². The van der Waals surface area contributed by atoms with Gasteiger partial charge in [-0.05, 0) is 55.3 Å². The topological polar surface area (TPSA) is 88.5 Å². The van der Waals surface area contributed by atoms with E-state index in [2.05, 4.69) is 11.5 Å². The first-order valence-corrected chi connectivity index (χ1v) is 12.7. The summed E-state index contributed by atoms with van der Waals surface area (Å²) in [5.41, 5.74) is 1.26. The van der Waals surface area contributed by atoms with Crippen molar-refractivity contribution in [3.05, 3.63) is 77.9 Å². The van der Waals surface area contributed by atoms with Gasteiger partial charge in [0.15, 0.2) is 0 Å². The van der Waals surface area contributed by atoms with Crippen LogP contribution in [-0.2, 0) is 14.3 Å². The highest BCUT2D eigenvalue weighted by Crippen LogP contribution is 2.40. The van der Waals surface area contributed by atoms with Gasteiger partial charge >= 0.3 is 0 Å². The molecule has 0 saturated carbocycles. The number of nitrogens with zero attached hydrogens (tertiary/aromatic N) is 2. The Bertz CT molecular complexity index is 1120. The predicted octanol–water partition coefficient (Wildman–Crippen LogP) is 3.79. The van der Waals surface area contributed by atoms with E-state index in [0.29, 0.717) is 56.5 Å². The van der Waals surface area contributed by atoms with Crippen molar-refractivity contribution >= 4 is 17.4 Å². The zero-order valence-electron chi connectivity index (χ0n) is 21.2. The third-order valence-corrected chi connectivity index (χ3v) is 6.52. The van der Waals surface area contributed by atoms with Gasteiger partial charge in [0.05, 0.1) is 31.4 Å². The molecule has 1 atom stereocenters. The zero-order chi connectivity index (χ0) is 26.2. The number of hydrogen-bond acceptors (Lipinski definition) is 7. The first-order valence-electron chi connectivity index (χ1n) is 12.7. The first-order chi connectivity index (χ1) is 18.0. The number of ketones is 1. The molecule has 196 valence electrons. The molecule has 0 spiro atoms. The van der Waals surface area contributed by atoms with Crippen molar-refractivity contribution in [2.75, 3.05) is 52.6 Å². The van der Waals surface area contributed by atoms with E-state index in [9.17, 15) is 14.7 Å². The SMILES string of the molecule is C=CCOc1ccc(C(O)=C2C(=O)C(=O)N(CCCN3CCOCC3)[C@H]2c2ccc(OCC)cc2)cc1. The number of likely N-dealkylation sites (tertiary alicyclic amines) is 1. The minimum absolute atomic E-state index is 0.0836. The van der Waals surface area contributed by atoms with E-state index in [-0.39, 0.29) is 11.3 Å². The molecule has 8 heteroatoms. The smallest absolute Gasteiger partial charge is 0.295 e. The maximum absolute atomic E-state index is 13.3. The summed E-state index contributed by atoms with van der Waals surface area (Å²) in [6.07, 6.45) is 2.35. The zero-order valence-corrected chi connectivity index (χ0v) is 21.2. The van der Waals surface area contributed by atoms with Gasteiger partial charge < -0.3 is 24.2 Å². The molecule has 0 radical (unpaired) electrons. The molecular formula is C29H34N2O6. The normalized spacial score (nSPS) is 19.7. The molecule has 1 N–H and O–H groups in total. The quantitative estimate of drug-likeness (QED) is 0.215. The third-order valence-electron chi connectivity index (χ3n) is 6.52. The lowest BCUT2D eigenvalue weighted by Gasteiger charge is -2.29. The highest BCUT2D eigenvalue weighted by atomic mass is 16.5. The van der Waals surface area contributed by atoms with Crippen LogP contribution in [0.3, 0.4) is 0 Å². The van der Waals surface area contributed by atoms with Crippen LogP contribution in [0.2, 0.25) is 0 Å². The number of aliphatic hydroxyl groups is 1. The number of aliphatic hydroxyl groups excluding tert-OH is 1. The summed E-state index contributed by atoms with van der Waals surface area (Å²) in [7, 11) is 0. The monoisotopic (exact) mass is 506 g/mol. The number of benzene rings is 2. The molecule has 2 aliphatic rings. The van der Waals surface area contributed by atoms with Gasteiger partial charge in [0.25, 0.3) is 11.7 Å². The molecule has 0 aromatic heterocycles. The second-order valence-corrected chi connectivity index (χ2v) is 8.93. The molecular weight excluding hydrogens is 472 g/mol. The summed E-state index contributed by atoms with van der Waals surface area (Å²) < 4.78 is 16.5. The first kappa shape index (κ1) is 26.4. The maximum atomic E-state index is 13.3. The largest absolute Gasteiger partial charge is 0.507 e. The lowest BCUT2D eigenvalue weighted by Crippen LogP contribution is -2.38. The van der Waals surface area contributed by atoms with Gasteiger partial charge in [-0.25, -0.2) is 0 Å². The molecule has 2 heterocycles. The molecule has 2 aromatic rings. The highest BCUT2D eigenvalue weighted by molar-refractivity contribution is 6.46. The summed E-state index contributed by atoms with van der Waals surface area (Å²) in [4.78, 5) is 30.3. The number of ether oxygens (including phenoxy) is 3. The van der Waals surface area contributed by atoms with Gasteiger partial charge in [0, 0.05) is 31.7 Å². The summed E-state index contributed by atoms with van der Waals surface area (Å²) in [5.74, 6) is -0.181. The molecule has 0 aliphatic carbocycles. The number of morpholine rings is 1. The van der Waals surface area contributed by atoms with Gasteiger partial charge in [-0.3, -0.25) is 14.5 Å². The fourth-order valence-electron chi connectivity index (χ4n) is 4.68. The van der Waals surface area contributed by atoms with Crippen LogP contribution >= 0.6 is 0 Å². The summed E-state index contributed by atoms with van der Waals surface area (Å²) in [6, 6.07) is 13.4. The Kier molecular flexibility index (Phi) is 8.98. The van der Waals surface area contributed by atoms with Gasteiger partial charge in [-0.1, -0.05) is 24.8 Å². The molecule has 4 rings (SSSR count). The Labute approximate surface area is 217 Å². The van der Waals surface area contributed by atoms with E-state index in [0.717, 1.165) is 25.2 Å². The van der Waals surface area contributed by atoms with Crippen molar-refractivity contribution in [2.45, 2.75) is 19.4 Å². The number of Topliss-reactive ketones (excluding diaryl/α,β-unsaturated/α-hetero) is 1. The number of amides is 1. The Balaban J connectivity index is 1.64. The Hall–Kier alpha value is -3.62. The van der Waals surface area contributed by atoms with Crippen LogP contribution < -0.4 is 9.47 Å². The average Bonchev–Trinajstić information content (AvgIpc) is 3.18. The maximum Gasteiger partial charge on any atom is 0.295 e. The van der Waals surface area contributed by atoms with Gasteiger partial charge in [0.2, 0.25) is 0 Å². The van der Waals surface area contributed by atoms with Gasteiger partial charge in [-0.15, -0.1) is 0 Å². The highest BCUT2D eigenvalue weighted by Gasteiger charge is 2.45. The third kappa shape index (κ3) is 6.21. The molecule has 2 aliphatic heterocycles. The van der Waals surface area contributed by atoms with Crippen LogP contribution in [0.25, 0.3) is 5.76 Å². The standard InChI is InChI=1S/C29H34N2O6/c1-3-18-37-24-12-8-22(9-13-24)27(32)25-26(21-6-10-23(11-7-21)36-4-2)31(29(34)28(25)33)15-5-14-30-16-19-35-20-17-30/h3,6-13,26,32H,1,4-5,14-20H2,2H3/t26-/m0/s1. The van der Waals surface area contributed by atoms with Crippen molar-refractivity contribution in [3.8, 4) is 11.5 Å². The summed E-state index contributed by atoms with van der Waals surface area (Å²) in [5, 5.41) is 11.3. The average molecular weight is 507 g/mol. The van der Waals surface area contributed by atoms with E-state index in [1.165, 1.54) is 0 Å². The molecule has 2 aromatic carbocycles. The lowest BCUT2D eigenvalue weighted by atomic mass is 9.95. The molecule has 37 heavy (non-hydrogen) atoms. The molecule has 2 fully saturated rings. The van der Waals surface area contributed by atoms with Crippen LogP contribution in [0.15, 0.2) is 66.8 Å². The Morgan fingerprint density at radius 1 is 1.03 bits per heavy atom. The fourth-order valence-corrected chi connectivity index (χ4v) is 4.68. The lowest BCUT2D eigenvalue weighted by molar-refractivity contribution is -0.140. The van der Waals surface area contributed by atoms with E-state index in [1.54, 1.807) is 35.2 Å². The van der Waals surface area contributed by atoms with Crippen LogP contribution in [-0.4, -0.2) is 79.2 Å². The van der Waals surface area contributed by atoms with Gasteiger partial charge in [-0.2, -0.15) is 0 Å². The number of hydrogen-bond donors (Lipinski definition) is 1. The Morgan fingerprint density at radius 3 is 2.32 bits per heavy atom. The van der Waals surface area contributed by atoms with E-state index in [4.69, 9.17) is 14.2 Å². The number of carbonyl (C=O) groups is 2. The van der Waals surface area contributed by atoms with Crippen LogP contribution in [0.1, 0.15) is 30.5 Å². The van der Waals surface area contributed by atoms with Crippen molar-refractivity contribution < 1.29 is 28.9 Å². The van der Waals surface area contributed by atoms with Crippen LogP contribution in [0.4, 0.5) is 0 Å². The van der Waals surface area contributed by atoms with Gasteiger partial charge in [0.1, 0.15) is 23.9 Å². The van der Waals surface area contributed by atoms with Crippen molar-refractivity contribution in [1.82, 2.24) is 9.80 Å². The molecule has 0 bridgehead atoms. The fraction of sp³-hybridized carbons (Fsp3) is 0.379. The summed E-state index contributed by atoms with van der Waals surface area (Å²) in [6.45, 7) is 10.7. The van der Waals surface area contributed by atoms with Crippen LogP contribution in [0.5, 0.6) is 11.5 Å². The minimum Gasteiger partial charge on any atom is -0.507 e. The molecule has 8 nitrogen and oxygen atoms in total. The predicted molar refractivity (Wildman–Crippen MR) is 141 cm³/mol. The minimum atomic E-state index is -0.697. The molecule has 2 saturated heterocycles. The number of rotatable bonds is 11.